The van der Waals surface area contributed by atoms with Gasteiger partial charge in [-0.2, -0.15) is 5.10 Å². The van der Waals surface area contributed by atoms with Crippen molar-refractivity contribution in [2.45, 2.75) is 6.61 Å². The van der Waals surface area contributed by atoms with Gasteiger partial charge in [-0.05, 0) is 86.0 Å². The van der Waals surface area contributed by atoms with Crippen molar-refractivity contribution < 1.29 is 13.9 Å². The lowest BCUT2D eigenvalue weighted by Crippen LogP contribution is -2.16. The van der Waals surface area contributed by atoms with Crippen molar-refractivity contribution in [1.82, 2.24) is 5.43 Å². The van der Waals surface area contributed by atoms with E-state index in [1.54, 1.807) is 30.5 Å². The van der Waals surface area contributed by atoms with Gasteiger partial charge in [-0.1, -0.05) is 47.5 Å². The van der Waals surface area contributed by atoms with E-state index in [1.165, 1.54) is 0 Å². The van der Waals surface area contributed by atoms with Crippen LogP contribution in [0.1, 0.15) is 21.7 Å². The van der Waals surface area contributed by atoms with Crippen molar-refractivity contribution in [3.63, 3.8) is 0 Å². The highest BCUT2D eigenvalue weighted by molar-refractivity contribution is 14.1. The molecular weight excluding hydrogens is 630 g/mol. The van der Waals surface area contributed by atoms with E-state index in [1.807, 2.05) is 36.4 Å². The van der Waals surface area contributed by atoms with Gasteiger partial charge in [0.25, 0.3) is 0 Å². The number of carbonyl (C=O) groups excluding carboxylic acids is 1. The Bertz CT molecular complexity index is 1280. The van der Waals surface area contributed by atoms with E-state index >= 15 is 0 Å². The van der Waals surface area contributed by atoms with E-state index in [0.717, 1.165) is 24.6 Å². The fraction of sp³-hybridized carbons (Fsp3) is 0.0435. The predicted octanol–water partition coefficient (Wildman–Crippen LogP) is 7.45. The second-order valence-electron chi connectivity index (χ2n) is 6.70. The molecule has 1 aromatic heterocycles. The van der Waals surface area contributed by atoms with Gasteiger partial charge in [0, 0.05) is 5.39 Å². The van der Waals surface area contributed by atoms with E-state index in [2.05, 4.69) is 49.0 Å². The van der Waals surface area contributed by atoms with Crippen molar-refractivity contribution >= 4 is 84.8 Å². The average molecular weight is 644 g/mol. The minimum Gasteiger partial charge on any atom is -0.487 e. The molecule has 0 saturated carbocycles. The van der Waals surface area contributed by atoms with E-state index < -0.39 is 5.91 Å². The van der Waals surface area contributed by atoms with Gasteiger partial charge in [0.05, 0.1) is 24.3 Å². The van der Waals surface area contributed by atoms with Crippen LogP contribution in [-0.2, 0) is 6.61 Å². The number of halogens is 4. The first kappa shape index (κ1) is 23.1. The summed E-state index contributed by atoms with van der Waals surface area (Å²) in [5, 5.41) is 5.88. The van der Waals surface area contributed by atoms with Crippen LogP contribution in [-0.4, -0.2) is 12.1 Å². The molecular formula is C23H14BrCl2IN2O3. The summed E-state index contributed by atoms with van der Waals surface area (Å²) in [6, 6.07) is 18.2. The molecule has 0 atom stereocenters. The summed E-state index contributed by atoms with van der Waals surface area (Å²) in [4.78, 5) is 12.3. The highest BCUT2D eigenvalue weighted by Crippen LogP contribution is 2.33. The Kier molecular flexibility index (Phi) is 7.40. The van der Waals surface area contributed by atoms with Crippen molar-refractivity contribution in [3.8, 4) is 5.75 Å². The molecule has 4 rings (SSSR count). The number of nitrogens with one attached hydrogen (secondary N) is 1. The number of amides is 1. The normalized spacial score (nSPS) is 11.2. The maximum absolute atomic E-state index is 12.3. The van der Waals surface area contributed by atoms with Crippen molar-refractivity contribution in [2.75, 3.05) is 0 Å². The summed E-state index contributed by atoms with van der Waals surface area (Å²) >= 11 is 17.7. The summed E-state index contributed by atoms with van der Waals surface area (Å²) in [5.74, 6) is 0.470. The number of fused-ring (bicyclic) bond motifs is 1. The Morgan fingerprint density at radius 3 is 2.69 bits per heavy atom. The number of para-hydroxylation sites is 1. The summed E-state index contributed by atoms with van der Waals surface area (Å²) in [6.07, 6.45) is 1.55. The largest absolute Gasteiger partial charge is 0.487 e. The molecule has 0 aliphatic carbocycles. The number of ether oxygens (including phenoxy) is 1. The number of rotatable bonds is 6. The van der Waals surface area contributed by atoms with Gasteiger partial charge in [0.2, 0.25) is 0 Å². The van der Waals surface area contributed by atoms with Gasteiger partial charge in [-0.15, -0.1) is 0 Å². The maximum atomic E-state index is 12.3. The summed E-state index contributed by atoms with van der Waals surface area (Å²) in [6.45, 7) is 0.340. The molecule has 9 heteroatoms. The smallest absolute Gasteiger partial charge is 0.307 e. The minimum atomic E-state index is -0.423. The number of hydrazone groups is 1. The van der Waals surface area contributed by atoms with Gasteiger partial charge in [-0.3, -0.25) is 4.79 Å². The standard InChI is InChI=1S/C23H14BrCl2IN2O3/c24-16-7-14(9-19(27)22(16)31-12-13-5-6-17(25)18(26)8-13)11-28-29-23(30)21-10-15-3-1-2-4-20(15)32-21/h1-11H,12H2,(H,29,30)/b28-11+. The topological polar surface area (TPSA) is 63.8 Å². The first-order valence-corrected chi connectivity index (χ1v) is 11.9. The second-order valence-corrected chi connectivity index (χ2v) is 9.53. The Labute approximate surface area is 216 Å². The monoisotopic (exact) mass is 642 g/mol. The molecule has 1 amide bonds. The molecule has 0 unspecified atom stereocenters. The third kappa shape index (κ3) is 5.46. The average Bonchev–Trinajstić information content (AvgIpc) is 3.20. The molecule has 0 saturated heterocycles. The lowest BCUT2D eigenvalue weighted by atomic mass is 10.2. The molecule has 162 valence electrons. The molecule has 4 aromatic rings. The number of carbonyl (C=O) groups is 1. The SMILES string of the molecule is O=C(N/N=C/c1cc(Br)c(OCc2ccc(Cl)c(Cl)c2)c(I)c1)c1cc2ccccc2o1. The Morgan fingerprint density at radius 2 is 1.94 bits per heavy atom. The molecule has 32 heavy (non-hydrogen) atoms. The van der Waals surface area contributed by atoms with Crippen LogP contribution in [0.2, 0.25) is 10.0 Å². The third-order valence-electron chi connectivity index (χ3n) is 4.42. The van der Waals surface area contributed by atoms with E-state index in [0.29, 0.717) is 28.0 Å². The molecule has 0 fully saturated rings. The Balaban J connectivity index is 1.41. The van der Waals surface area contributed by atoms with Gasteiger partial charge < -0.3 is 9.15 Å². The quantitative estimate of drug-likeness (QED) is 0.135. The van der Waals surface area contributed by atoms with E-state index in [9.17, 15) is 4.79 Å². The fourth-order valence-corrected chi connectivity index (χ4v) is 4.98. The van der Waals surface area contributed by atoms with Crippen LogP contribution in [0, 0.1) is 3.57 Å². The molecule has 1 heterocycles. The number of hydrogen-bond acceptors (Lipinski definition) is 4. The van der Waals surface area contributed by atoms with Crippen LogP contribution in [0.15, 0.2) is 74.7 Å². The van der Waals surface area contributed by atoms with E-state index in [4.69, 9.17) is 32.4 Å². The molecule has 0 bridgehead atoms. The van der Waals surface area contributed by atoms with Gasteiger partial charge in [-0.25, -0.2) is 5.43 Å². The molecule has 0 aliphatic rings. The van der Waals surface area contributed by atoms with Crippen LogP contribution >= 0.6 is 61.7 Å². The van der Waals surface area contributed by atoms with Crippen molar-refractivity contribution in [1.29, 1.82) is 0 Å². The molecule has 1 N–H and O–H groups in total. The molecule has 5 nitrogen and oxygen atoms in total. The van der Waals surface area contributed by atoms with Crippen LogP contribution in [0.25, 0.3) is 11.0 Å². The number of furan rings is 1. The van der Waals surface area contributed by atoms with Crippen LogP contribution in [0.5, 0.6) is 5.75 Å². The Morgan fingerprint density at radius 1 is 1.12 bits per heavy atom. The first-order chi connectivity index (χ1) is 15.4. The lowest BCUT2D eigenvalue weighted by molar-refractivity contribution is 0.0929. The maximum Gasteiger partial charge on any atom is 0.307 e. The van der Waals surface area contributed by atoms with Gasteiger partial charge in [0.1, 0.15) is 17.9 Å². The zero-order chi connectivity index (χ0) is 22.7. The summed E-state index contributed by atoms with van der Waals surface area (Å²) in [5.41, 5.74) is 4.82. The first-order valence-electron chi connectivity index (χ1n) is 9.28. The number of hydrogen-bond donors (Lipinski definition) is 1. The fourth-order valence-electron chi connectivity index (χ4n) is 2.89. The van der Waals surface area contributed by atoms with E-state index in [-0.39, 0.29) is 5.76 Å². The highest BCUT2D eigenvalue weighted by atomic mass is 127. The molecule has 0 radical (unpaired) electrons. The lowest BCUT2D eigenvalue weighted by Gasteiger charge is -2.12. The zero-order valence-corrected chi connectivity index (χ0v) is 21.5. The van der Waals surface area contributed by atoms with Gasteiger partial charge >= 0.3 is 5.91 Å². The highest BCUT2D eigenvalue weighted by Gasteiger charge is 2.12. The Hall–Kier alpha value is -2.07. The molecule has 0 spiro atoms. The number of nitrogens with zero attached hydrogens (tertiary/aromatic N) is 1. The summed E-state index contributed by atoms with van der Waals surface area (Å²) < 4.78 is 13.1. The van der Waals surface area contributed by atoms with Crippen LogP contribution < -0.4 is 10.2 Å². The van der Waals surface area contributed by atoms with Crippen molar-refractivity contribution in [2.24, 2.45) is 5.10 Å². The predicted molar refractivity (Wildman–Crippen MR) is 139 cm³/mol. The van der Waals surface area contributed by atoms with Crippen LogP contribution in [0.4, 0.5) is 0 Å². The number of benzene rings is 3. The minimum absolute atomic E-state index is 0.199. The van der Waals surface area contributed by atoms with Crippen LogP contribution in [0.3, 0.4) is 0 Å². The zero-order valence-electron chi connectivity index (χ0n) is 16.2. The van der Waals surface area contributed by atoms with Crippen molar-refractivity contribution in [3.05, 3.63) is 95.6 Å². The molecule has 0 aliphatic heterocycles. The third-order valence-corrected chi connectivity index (χ3v) is 6.55. The second kappa shape index (κ2) is 10.2. The van der Waals surface area contributed by atoms with Gasteiger partial charge in [0.15, 0.2) is 5.76 Å². The summed E-state index contributed by atoms with van der Waals surface area (Å²) in [7, 11) is 0. The molecule has 3 aromatic carbocycles.